The summed E-state index contributed by atoms with van der Waals surface area (Å²) in [5.74, 6) is -0.788. The Morgan fingerprint density at radius 1 is 0.529 bits per heavy atom. The summed E-state index contributed by atoms with van der Waals surface area (Å²) >= 11 is 0. The molecule has 0 bridgehead atoms. The smallest absolute Gasteiger partial charge is 0.294 e. The minimum atomic E-state index is -4.96. The number of nitrogens with zero attached hydrogens (tertiary/aromatic N) is 1. The van der Waals surface area contributed by atoms with Gasteiger partial charge in [-0.1, -0.05) is 53.6 Å². The average Bonchev–Trinajstić information content (AvgIpc) is 3.01. The predicted octanol–water partition coefficient (Wildman–Crippen LogP) is 9.07. The van der Waals surface area contributed by atoms with Crippen LogP contribution in [0.15, 0.2) is 88.7 Å². The molecule has 5 rings (SSSR count). The summed E-state index contributed by atoms with van der Waals surface area (Å²) in [6.45, 7) is 14.2. The molecule has 4 N–H and O–H groups in total. The van der Waals surface area contributed by atoms with E-state index >= 15 is 0 Å². The molecule has 0 radical (unpaired) electrons. The Morgan fingerprint density at radius 2 is 0.980 bits per heavy atom. The second-order valence-corrected chi connectivity index (χ2v) is 16.4. The molecule has 0 aromatic heterocycles. The molecule has 268 valence electrons. The van der Waals surface area contributed by atoms with Crippen LogP contribution in [-0.4, -0.2) is 40.0 Å². The van der Waals surface area contributed by atoms with Crippen molar-refractivity contribution in [2.75, 3.05) is 29.6 Å². The molecule has 5 aromatic rings. The second kappa shape index (κ2) is 14.1. The van der Waals surface area contributed by atoms with Crippen LogP contribution in [0.2, 0.25) is 0 Å². The van der Waals surface area contributed by atoms with Gasteiger partial charge in [0.05, 0.1) is 9.79 Å². The molecule has 0 fully saturated rings. The molecule has 0 amide bonds. The Bertz CT molecular complexity index is 2340. The van der Waals surface area contributed by atoms with Gasteiger partial charge in [-0.15, -0.1) is 0 Å². The largest absolute Gasteiger partial charge is 0.377 e. The maximum Gasteiger partial charge on any atom is 0.294 e. The second-order valence-electron chi connectivity index (χ2n) is 13.6. The van der Waals surface area contributed by atoms with Crippen molar-refractivity contribution in [3.05, 3.63) is 134 Å². The topological polar surface area (TPSA) is 136 Å². The van der Waals surface area contributed by atoms with E-state index in [0.717, 1.165) is 79.5 Å². The third-order valence-electron chi connectivity index (χ3n) is 9.17. The first-order valence-electron chi connectivity index (χ1n) is 16.4. The van der Waals surface area contributed by atoms with Gasteiger partial charge in [0.25, 0.3) is 20.2 Å². The third kappa shape index (κ3) is 8.12. The van der Waals surface area contributed by atoms with Gasteiger partial charge in [0.2, 0.25) is 0 Å². The molecule has 0 aliphatic carbocycles. The molecule has 0 saturated carbocycles. The van der Waals surface area contributed by atoms with Gasteiger partial charge in [0, 0.05) is 48.5 Å². The first-order valence-corrected chi connectivity index (χ1v) is 19.3. The molecule has 0 aliphatic rings. The van der Waals surface area contributed by atoms with E-state index in [2.05, 4.69) is 76.4 Å². The highest BCUT2D eigenvalue weighted by Gasteiger charge is 2.30. The molecular weight excluding hydrogens is 683 g/mol. The van der Waals surface area contributed by atoms with Crippen LogP contribution < -0.4 is 15.5 Å². The fraction of sp³-hybridized carbons (Fsp3) is 0.250. The minimum absolute atomic E-state index is 0.146. The highest BCUT2D eigenvalue weighted by Crippen LogP contribution is 2.43. The number of anilines is 5. The van der Waals surface area contributed by atoms with Gasteiger partial charge in [-0.05, 0) is 129 Å². The van der Waals surface area contributed by atoms with Crippen LogP contribution in [0.4, 0.5) is 28.4 Å². The number of aryl methyl sites for hydroxylation is 7. The maximum absolute atomic E-state index is 12.9. The lowest BCUT2D eigenvalue weighted by Crippen LogP contribution is -2.18. The first kappa shape index (κ1) is 37.6. The van der Waals surface area contributed by atoms with Crippen molar-refractivity contribution in [1.29, 1.82) is 0 Å². The van der Waals surface area contributed by atoms with Crippen LogP contribution >= 0.6 is 0 Å². The average molecular weight is 728 g/mol. The lowest BCUT2D eigenvalue weighted by molar-refractivity contribution is 0.480. The summed E-state index contributed by atoms with van der Waals surface area (Å²) < 4.78 is 70.3. The Kier molecular flexibility index (Phi) is 10.4. The molecule has 51 heavy (non-hydrogen) atoms. The summed E-state index contributed by atoms with van der Waals surface area (Å²) in [5, 5.41) is 7.10. The van der Waals surface area contributed by atoms with E-state index in [1.807, 2.05) is 62.3 Å². The van der Waals surface area contributed by atoms with Gasteiger partial charge in [-0.3, -0.25) is 9.11 Å². The first-order chi connectivity index (χ1) is 23.7. The van der Waals surface area contributed by atoms with E-state index < -0.39 is 35.9 Å². The summed E-state index contributed by atoms with van der Waals surface area (Å²) in [4.78, 5) is 0.665. The molecule has 0 spiro atoms. The highest BCUT2D eigenvalue weighted by molar-refractivity contribution is 7.86. The van der Waals surface area contributed by atoms with Crippen molar-refractivity contribution >= 4 is 48.7 Å². The predicted molar refractivity (Wildman–Crippen MR) is 207 cm³/mol. The van der Waals surface area contributed by atoms with Crippen molar-refractivity contribution in [2.45, 2.75) is 64.2 Å². The van der Waals surface area contributed by atoms with Gasteiger partial charge < -0.3 is 15.5 Å². The van der Waals surface area contributed by atoms with Gasteiger partial charge >= 0.3 is 0 Å². The Hall–Kier alpha value is -4.68. The quantitative estimate of drug-likeness (QED) is 0.0821. The van der Waals surface area contributed by atoms with Crippen LogP contribution in [-0.2, 0) is 20.2 Å². The van der Waals surface area contributed by atoms with Crippen LogP contribution in [0.1, 0.15) is 61.6 Å². The molecule has 1 unspecified atom stereocenters. The molecule has 5 aromatic carbocycles. The molecule has 9 nitrogen and oxygen atoms in total. The van der Waals surface area contributed by atoms with Crippen LogP contribution in [0.5, 0.6) is 0 Å². The Labute approximate surface area is 301 Å². The SMILES string of the molecule is Cc1cc(C)c(Nc2ccc(C(c3ccc(Nc4c(C)cc(C)cc4C)cc3N(C)C)c3ccc(S(=O)(=O)O)cc3S(=O)(=O)O)c(C)c2)c(C)c1. The number of hydrogen-bond acceptors (Lipinski definition) is 7. The molecule has 1 atom stereocenters. The number of hydrogen-bond donors (Lipinski definition) is 4. The van der Waals surface area contributed by atoms with Gasteiger partial charge in [-0.2, -0.15) is 16.8 Å². The molecule has 0 saturated heterocycles. The van der Waals surface area contributed by atoms with E-state index in [1.54, 1.807) is 0 Å². The standard InChI is InChI=1S/C40H45N3O6S2/c1-23-16-26(4)39(27(5)17-23)41-30-10-13-33(25(3)20-30)38(35-15-12-32(50(44,45)46)22-37(35)51(47,48)49)34-14-11-31(21-36(34)43(8)9)42-40-28(6)18-24(2)19-29(40)7/h10-22,38,41-42H,1-9H3,(H,44,45,46)(H,47,48,49). The van der Waals surface area contributed by atoms with Gasteiger partial charge in [0.1, 0.15) is 0 Å². The lowest BCUT2D eigenvalue weighted by atomic mass is 9.81. The third-order valence-corrected chi connectivity index (χ3v) is 10.9. The maximum atomic E-state index is 12.9. The zero-order valence-corrected chi connectivity index (χ0v) is 32.0. The fourth-order valence-electron chi connectivity index (χ4n) is 7.01. The normalized spacial score (nSPS) is 12.5. The Morgan fingerprint density at radius 3 is 1.41 bits per heavy atom. The van der Waals surface area contributed by atoms with Crippen molar-refractivity contribution in [3.8, 4) is 0 Å². The van der Waals surface area contributed by atoms with Gasteiger partial charge in [0.15, 0.2) is 0 Å². The lowest BCUT2D eigenvalue weighted by Gasteiger charge is -2.28. The van der Waals surface area contributed by atoms with E-state index in [9.17, 15) is 25.9 Å². The molecule has 0 heterocycles. The van der Waals surface area contributed by atoms with Crippen molar-refractivity contribution in [1.82, 2.24) is 0 Å². The molecule has 0 aliphatic heterocycles. The van der Waals surface area contributed by atoms with Crippen LogP contribution in [0.25, 0.3) is 0 Å². The monoisotopic (exact) mass is 727 g/mol. The molecule has 11 heteroatoms. The number of rotatable bonds is 10. The number of benzene rings is 5. The summed E-state index contributed by atoms with van der Waals surface area (Å²) in [6, 6.07) is 23.4. The zero-order valence-electron chi connectivity index (χ0n) is 30.4. The molecular formula is C40H45N3O6S2. The van der Waals surface area contributed by atoms with Crippen molar-refractivity contribution < 1.29 is 25.9 Å². The zero-order chi connectivity index (χ0) is 37.6. The van der Waals surface area contributed by atoms with E-state index in [1.165, 1.54) is 11.6 Å². The van der Waals surface area contributed by atoms with Crippen LogP contribution in [0, 0.1) is 48.5 Å². The highest BCUT2D eigenvalue weighted by atomic mass is 32.2. The van der Waals surface area contributed by atoms with E-state index in [-0.39, 0.29) is 5.56 Å². The van der Waals surface area contributed by atoms with E-state index in [4.69, 9.17) is 0 Å². The van der Waals surface area contributed by atoms with E-state index in [0.29, 0.717) is 5.56 Å². The number of nitrogens with one attached hydrogen (secondary N) is 2. The van der Waals surface area contributed by atoms with Crippen molar-refractivity contribution in [2.24, 2.45) is 0 Å². The minimum Gasteiger partial charge on any atom is -0.377 e. The fourth-order valence-corrected chi connectivity index (χ4v) is 8.35. The van der Waals surface area contributed by atoms with Crippen molar-refractivity contribution in [3.63, 3.8) is 0 Å². The summed E-state index contributed by atoms with van der Waals surface area (Å²) in [5.41, 5.74) is 13.5. The van der Waals surface area contributed by atoms with Crippen LogP contribution in [0.3, 0.4) is 0 Å². The summed E-state index contributed by atoms with van der Waals surface area (Å²) in [6.07, 6.45) is 0. The Balaban J connectivity index is 1.73. The van der Waals surface area contributed by atoms with Gasteiger partial charge in [-0.25, -0.2) is 0 Å². The summed E-state index contributed by atoms with van der Waals surface area (Å²) in [7, 11) is -5.96.